The fraction of sp³-hybridized carbons (Fsp3) is 0.656. The molecule has 3 rings (SSSR count). The number of nitrogens with one attached hydrogen (secondary N) is 1. The van der Waals surface area contributed by atoms with Crippen molar-refractivity contribution in [2.75, 3.05) is 37.0 Å². The average Bonchev–Trinajstić information content (AvgIpc) is 3.26. The molecular weight excluding hydrogens is 684 g/mol. The lowest BCUT2D eigenvalue weighted by Gasteiger charge is -2.39. The summed E-state index contributed by atoms with van der Waals surface area (Å²) in [5.41, 5.74) is 1.46. The van der Waals surface area contributed by atoms with E-state index in [0.29, 0.717) is 62.7 Å². The Morgan fingerprint density at radius 1 is 1.02 bits per heavy atom. The topological polar surface area (TPSA) is 240 Å². The summed E-state index contributed by atoms with van der Waals surface area (Å²) in [6, 6.07) is 4.33. The lowest BCUT2D eigenvalue weighted by Crippen LogP contribution is -2.59. The van der Waals surface area contributed by atoms with Crippen molar-refractivity contribution in [1.29, 1.82) is 0 Å². The Labute approximate surface area is 288 Å². The summed E-state index contributed by atoms with van der Waals surface area (Å²) in [6.45, 7) is 4.07. The highest BCUT2D eigenvalue weighted by molar-refractivity contribution is 7.86. The van der Waals surface area contributed by atoms with Crippen LogP contribution in [0.5, 0.6) is 0 Å². The molecule has 1 unspecified atom stereocenters. The van der Waals surface area contributed by atoms with E-state index in [4.69, 9.17) is 9.47 Å². The fourth-order valence-corrected chi connectivity index (χ4v) is 7.18. The van der Waals surface area contributed by atoms with Gasteiger partial charge in [-0.2, -0.15) is 16.8 Å². The number of aliphatic hydroxyl groups is 4. The molecule has 2 aliphatic heterocycles. The lowest BCUT2D eigenvalue weighted by molar-refractivity contribution is -0.301. The smallest absolute Gasteiger partial charge is 0.294 e. The van der Waals surface area contributed by atoms with E-state index in [1.165, 1.54) is 12.1 Å². The minimum Gasteiger partial charge on any atom is -0.394 e. The molecule has 1 saturated heterocycles. The van der Waals surface area contributed by atoms with Crippen molar-refractivity contribution in [2.45, 2.75) is 106 Å². The molecule has 2 heterocycles. The third kappa shape index (κ3) is 11.3. The summed E-state index contributed by atoms with van der Waals surface area (Å²) in [4.78, 5) is 14.1. The third-order valence-electron chi connectivity index (χ3n) is 8.84. The van der Waals surface area contributed by atoms with Crippen LogP contribution in [-0.4, -0.2) is 115 Å². The number of ether oxygens (including phenoxy) is 2. The molecule has 2 aliphatic rings. The van der Waals surface area contributed by atoms with Gasteiger partial charge in [0.05, 0.1) is 17.3 Å². The van der Waals surface area contributed by atoms with Crippen LogP contribution in [0.3, 0.4) is 0 Å². The standard InChI is InChI=1S/C32H50N2O13S2/c1-3-4-11-26-32(2,23-20-22(49(43,44)45)13-14-24(23)34(26)17-10-19-48(40,41)42)15-7-5-6-12-27(36)33-16-8-9-18-46-31-30(39)29(38)28(37)25(21-35)47-31/h3-4,11,13-14,20,25,28-31,35,37-39H,5-10,12,15-19,21H2,1-2H3,(H,33,36)(H,40,41,42)(H,43,44,45)/b4-3+,26-11+/t25-,28-,29+,30+,31+,32?/m1/s1. The Morgan fingerprint density at radius 3 is 2.41 bits per heavy atom. The van der Waals surface area contributed by atoms with Gasteiger partial charge in [-0.05, 0) is 75.8 Å². The Balaban J connectivity index is 1.51. The number of benzene rings is 1. The zero-order chi connectivity index (χ0) is 36.4. The van der Waals surface area contributed by atoms with E-state index in [9.17, 15) is 51.2 Å². The van der Waals surface area contributed by atoms with Gasteiger partial charge in [0.15, 0.2) is 6.29 Å². The predicted molar refractivity (Wildman–Crippen MR) is 180 cm³/mol. The van der Waals surface area contributed by atoms with Gasteiger partial charge < -0.3 is 40.1 Å². The Bertz CT molecular complexity index is 1530. The second-order valence-electron chi connectivity index (χ2n) is 12.5. The molecule has 6 atom stereocenters. The zero-order valence-electron chi connectivity index (χ0n) is 27.8. The molecule has 278 valence electrons. The highest BCUT2D eigenvalue weighted by Crippen LogP contribution is 2.51. The molecule has 1 aromatic carbocycles. The number of amides is 1. The second-order valence-corrected chi connectivity index (χ2v) is 15.5. The van der Waals surface area contributed by atoms with Crippen LogP contribution in [0.25, 0.3) is 0 Å². The first-order valence-corrected chi connectivity index (χ1v) is 19.5. The molecule has 17 heteroatoms. The number of fused-ring (bicyclic) bond motifs is 1. The Morgan fingerprint density at radius 2 is 1.76 bits per heavy atom. The van der Waals surface area contributed by atoms with Gasteiger partial charge in [-0.15, -0.1) is 0 Å². The number of hydrogen-bond donors (Lipinski definition) is 7. The molecule has 0 bridgehead atoms. The van der Waals surface area contributed by atoms with Gasteiger partial charge in [0.1, 0.15) is 24.4 Å². The number of aliphatic hydroxyl groups excluding tert-OH is 4. The van der Waals surface area contributed by atoms with Crippen LogP contribution in [0, 0.1) is 0 Å². The number of carbonyl (C=O) groups excluding carboxylic acids is 1. The van der Waals surface area contributed by atoms with Crippen LogP contribution < -0.4 is 10.2 Å². The molecule has 1 amide bonds. The van der Waals surface area contributed by atoms with Crippen molar-refractivity contribution in [3.63, 3.8) is 0 Å². The summed E-state index contributed by atoms with van der Waals surface area (Å²) in [5.74, 6) is -0.558. The number of allylic oxidation sites excluding steroid dienone is 4. The summed E-state index contributed by atoms with van der Waals surface area (Å²) in [5, 5.41) is 41.8. The van der Waals surface area contributed by atoms with Gasteiger partial charge in [0.2, 0.25) is 5.91 Å². The SMILES string of the molecule is C/C=C/C=C1/N(CCCS(=O)(=O)O)c2ccc(S(=O)(=O)O)cc2C1(C)CCCCCC(=O)NCCCCO[C@H]1O[C@H](CO)[C@@H](O)[C@H](O)[C@@H]1O. The van der Waals surface area contributed by atoms with Gasteiger partial charge >= 0.3 is 0 Å². The van der Waals surface area contributed by atoms with Crippen LogP contribution >= 0.6 is 0 Å². The maximum absolute atomic E-state index is 12.4. The highest BCUT2D eigenvalue weighted by Gasteiger charge is 2.45. The van der Waals surface area contributed by atoms with Crippen molar-refractivity contribution in [3.05, 3.63) is 47.7 Å². The molecule has 0 aliphatic carbocycles. The van der Waals surface area contributed by atoms with E-state index in [1.54, 1.807) is 6.07 Å². The molecular formula is C32H50N2O13S2. The van der Waals surface area contributed by atoms with Crippen LogP contribution in [-0.2, 0) is 39.9 Å². The summed E-state index contributed by atoms with van der Waals surface area (Å²) in [6.07, 6.45) is 2.96. The maximum atomic E-state index is 12.4. The molecule has 0 radical (unpaired) electrons. The molecule has 0 aromatic heterocycles. The predicted octanol–water partition coefficient (Wildman–Crippen LogP) is 1.41. The maximum Gasteiger partial charge on any atom is 0.294 e. The summed E-state index contributed by atoms with van der Waals surface area (Å²) in [7, 11) is -8.66. The average molecular weight is 735 g/mol. The van der Waals surface area contributed by atoms with Crippen molar-refractivity contribution in [2.24, 2.45) is 0 Å². The first kappa shape index (κ1) is 41.0. The largest absolute Gasteiger partial charge is 0.394 e. The number of anilines is 1. The molecule has 49 heavy (non-hydrogen) atoms. The lowest BCUT2D eigenvalue weighted by atomic mass is 9.77. The fourth-order valence-electron chi connectivity index (χ4n) is 6.18. The van der Waals surface area contributed by atoms with Crippen molar-refractivity contribution >= 4 is 31.8 Å². The van der Waals surface area contributed by atoms with Crippen molar-refractivity contribution in [1.82, 2.24) is 5.32 Å². The monoisotopic (exact) mass is 734 g/mol. The van der Waals surface area contributed by atoms with E-state index in [2.05, 4.69) is 5.32 Å². The number of nitrogens with zero attached hydrogens (tertiary/aromatic N) is 1. The summed E-state index contributed by atoms with van der Waals surface area (Å²) < 4.78 is 76.6. The zero-order valence-corrected chi connectivity index (χ0v) is 29.5. The van der Waals surface area contributed by atoms with Gasteiger partial charge in [-0.1, -0.05) is 25.0 Å². The van der Waals surface area contributed by atoms with Gasteiger partial charge in [0.25, 0.3) is 20.2 Å². The Kier molecular flexibility index (Phi) is 15.2. The molecule has 0 spiro atoms. The first-order valence-electron chi connectivity index (χ1n) is 16.4. The van der Waals surface area contributed by atoms with E-state index in [-0.39, 0.29) is 30.4 Å². The molecule has 15 nitrogen and oxygen atoms in total. The normalized spacial score (nSPS) is 26.8. The van der Waals surface area contributed by atoms with Crippen molar-refractivity contribution < 1.29 is 60.6 Å². The van der Waals surface area contributed by atoms with Gasteiger partial charge in [0, 0.05) is 42.9 Å². The van der Waals surface area contributed by atoms with Crippen LogP contribution in [0.4, 0.5) is 5.69 Å². The molecule has 0 saturated carbocycles. The van der Waals surface area contributed by atoms with Gasteiger partial charge in [-0.3, -0.25) is 13.9 Å². The third-order valence-corrected chi connectivity index (χ3v) is 10.5. The molecule has 1 aromatic rings. The number of unbranched alkanes of at least 4 members (excludes halogenated alkanes) is 3. The van der Waals surface area contributed by atoms with E-state index >= 15 is 0 Å². The quantitative estimate of drug-likeness (QED) is 0.0786. The highest BCUT2D eigenvalue weighted by atomic mass is 32.2. The van der Waals surface area contributed by atoms with Crippen molar-refractivity contribution in [3.8, 4) is 0 Å². The van der Waals surface area contributed by atoms with Crippen LogP contribution in [0.15, 0.2) is 47.0 Å². The number of carbonyl (C=O) groups is 1. The molecule has 7 N–H and O–H groups in total. The number of hydrogen-bond acceptors (Lipinski definition) is 12. The minimum absolute atomic E-state index is 0.122. The number of rotatable bonds is 19. The minimum atomic E-state index is -4.49. The van der Waals surface area contributed by atoms with Gasteiger partial charge in [-0.25, -0.2) is 0 Å². The van der Waals surface area contributed by atoms with E-state index in [1.807, 2.05) is 37.0 Å². The molecule has 1 fully saturated rings. The summed E-state index contributed by atoms with van der Waals surface area (Å²) >= 11 is 0. The van der Waals surface area contributed by atoms with Crippen LogP contribution in [0.1, 0.15) is 70.8 Å². The first-order chi connectivity index (χ1) is 23.0. The van der Waals surface area contributed by atoms with E-state index in [0.717, 1.165) is 5.70 Å². The van der Waals surface area contributed by atoms with E-state index < -0.39 is 68.7 Å². The van der Waals surface area contributed by atoms with Crippen LogP contribution in [0.2, 0.25) is 0 Å². The Hall–Kier alpha value is -2.45. The second kappa shape index (κ2) is 18.2.